The molecule has 0 saturated heterocycles. The second-order valence-electron chi connectivity index (χ2n) is 4.89. The molecule has 0 radical (unpaired) electrons. The summed E-state index contributed by atoms with van der Waals surface area (Å²) in [5.41, 5.74) is 0.698. The Bertz CT molecular complexity index is 774. The summed E-state index contributed by atoms with van der Waals surface area (Å²) >= 11 is 0. The van der Waals surface area contributed by atoms with Gasteiger partial charge in [0, 0.05) is 18.5 Å². The van der Waals surface area contributed by atoms with E-state index in [2.05, 4.69) is 20.4 Å². The van der Waals surface area contributed by atoms with Crippen LogP contribution in [0.4, 0.5) is 14.6 Å². The van der Waals surface area contributed by atoms with E-state index >= 15 is 0 Å². The molecule has 1 aromatic carbocycles. The molecule has 2 heterocycles. The normalized spacial score (nSPS) is 10.7. The smallest absolute Gasteiger partial charge is 0.227 e. The number of nitrogens with one attached hydrogen (secondary N) is 1. The van der Waals surface area contributed by atoms with Crippen molar-refractivity contribution in [3.05, 3.63) is 60.1 Å². The molecule has 0 fully saturated rings. The van der Waals surface area contributed by atoms with Gasteiger partial charge in [0.15, 0.2) is 0 Å². The van der Waals surface area contributed by atoms with Crippen molar-refractivity contribution >= 4 is 5.82 Å². The molecular weight excluding hydrogens is 302 g/mol. The monoisotopic (exact) mass is 316 g/mol. The number of anilines is 1. The maximum Gasteiger partial charge on any atom is 0.227 e. The zero-order valence-corrected chi connectivity index (χ0v) is 12.2. The highest BCUT2D eigenvalue weighted by Gasteiger charge is 2.08. The first kappa shape index (κ1) is 15.1. The molecule has 0 bridgehead atoms. The van der Waals surface area contributed by atoms with E-state index in [1.165, 1.54) is 18.2 Å². The van der Waals surface area contributed by atoms with Crippen molar-refractivity contribution < 1.29 is 13.3 Å². The lowest BCUT2D eigenvalue weighted by molar-refractivity contribution is 0.377. The predicted molar refractivity (Wildman–Crippen MR) is 80.7 cm³/mol. The van der Waals surface area contributed by atoms with Gasteiger partial charge in [0.05, 0.1) is 0 Å². The van der Waals surface area contributed by atoms with Crippen LogP contribution in [0.5, 0.6) is 0 Å². The molecule has 23 heavy (non-hydrogen) atoms. The van der Waals surface area contributed by atoms with Crippen molar-refractivity contribution in [2.24, 2.45) is 0 Å². The maximum atomic E-state index is 12.9. The van der Waals surface area contributed by atoms with Gasteiger partial charge in [-0.05, 0) is 42.8 Å². The SMILES string of the molecule is Fc1ccc(-c2noc(CCCNc3cccc(F)n3)n2)cc1. The summed E-state index contributed by atoms with van der Waals surface area (Å²) < 4.78 is 31.0. The third-order valence-corrected chi connectivity index (χ3v) is 3.16. The van der Waals surface area contributed by atoms with E-state index in [1.807, 2.05) is 0 Å². The molecule has 0 aliphatic heterocycles. The summed E-state index contributed by atoms with van der Waals surface area (Å²) in [4.78, 5) is 7.97. The van der Waals surface area contributed by atoms with Crippen molar-refractivity contribution in [1.29, 1.82) is 0 Å². The number of hydrogen-bond acceptors (Lipinski definition) is 5. The van der Waals surface area contributed by atoms with Crippen LogP contribution in [0, 0.1) is 11.8 Å². The van der Waals surface area contributed by atoms with Crippen molar-refractivity contribution in [3.8, 4) is 11.4 Å². The molecule has 1 N–H and O–H groups in total. The lowest BCUT2D eigenvalue weighted by atomic mass is 10.2. The Balaban J connectivity index is 1.50. The third kappa shape index (κ3) is 4.09. The van der Waals surface area contributed by atoms with Gasteiger partial charge < -0.3 is 9.84 Å². The quantitative estimate of drug-likeness (QED) is 0.557. The number of nitrogens with zero attached hydrogens (tertiary/aromatic N) is 3. The molecule has 0 aliphatic rings. The van der Waals surface area contributed by atoms with Crippen LogP contribution in [-0.4, -0.2) is 21.7 Å². The zero-order chi connectivity index (χ0) is 16.1. The van der Waals surface area contributed by atoms with Gasteiger partial charge in [-0.3, -0.25) is 0 Å². The van der Waals surface area contributed by atoms with E-state index in [4.69, 9.17) is 4.52 Å². The van der Waals surface area contributed by atoms with E-state index in [-0.39, 0.29) is 5.82 Å². The van der Waals surface area contributed by atoms with Gasteiger partial charge in [0.2, 0.25) is 17.7 Å². The van der Waals surface area contributed by atoms with E-state index < -0.39 is 5.95 Å². The number of benzene rings is 1. The van der Waals surface area contributed by atoms with E-state index in [0.29, 0.717) is 36.1 Å². The van der Waals surface area contributed by atoms with E-state index in [0.717, 1.165) is 6.42 Å². The van der Waals surface area contributed by atoms with E-state index in [9.17, 15) is 8.78 Å². The Morgan fingerprint density at radius 3 is 2.61 bits per heavy atom. The lowest BCUT2D eigenvalue weighted by Gasteiger charge is -2.03. The highest BCUT2D eigenvalue weighted by Crippen LogP contribution is 2.16. The summed E-state index contributed by atoms with van der Waals surface area (Å²) in [7, 11) is 0. The summed E-state index contributed by atoms with van der Waals surface area (Å²) in [5, 5.41) is 6.89. The molecule has 7 heteroatoms. The average molecular weight is 316 g/mol. The van der Waals surface area contributed by atoms with Gasteiger partial charge in [-0.15, -0.1) is 0 Å². The summed E-state index contributed by atoms with van der Waals surface area (Å²) in [6.45, 7) is 0.602. The molecule has 118 valence electrons. The Labute approximate surface area is 131 Å². The number of pyridine rings is 1. The number of hydrogen-bond donors (Lipinski definition) is 1. The second kappa shape index (κ2) is 6.95. The minimum absolute atomic E-state index is 0.311. The molecule has 5 nitrogen and oxygen atoms in total. The van der Waals surface area contributed by atoms with Crippen LogP contribution < -0.4 is 5.32 Å². The standard InChI is InChI=1S/C16H14F2N4O/c17-12-8-6-11(7-9-12)16-21-15(23-22-16)5-2-10-19-14-4-1-3-13(18)20-14/h1,3-4,6-9H,2,5,10H2,(H,19,20). The van der Waals surface area contributed by atoms with Crippen molar-refractivity contribution in [3.63, 3.8) is 0 Å². The molecule has 0 spiro atoms. The lowest BCUT2D eigenvalue weighted by Crippen LogP contribution is -2.05. The summed E-state index contributed by atoms with van der Waals surface area (Å²) in [6.07, 6.45) is 1.31. The first-order chi connectivity index (χ1) is 11.2. The van der Waals surface area contributed by atoms with Gasteiger partial charge in [-0.2, -0.15) is 9.37 Å². The molecule has 2 aromatic heterocycles. The highest BCUT2D eigenvalue weighted by atomic mass is 19.1. The summed E-state index contributed by atoms with van der Waals surface area (Å²) in [6, 6.07) is 10.5. The van der Waals surface area contributed by atoms with Crippen molar-refractivity contribution in [2.45, 2.75) is 12.8 Å². The fourth-order valence-electron chi connectivity index (χ4n) is 2.04. The molecule has 0 unspecified atom stereocenters. The Hall–Kier alpha value is -2.83. The first-order valence-electron chi connectivity index (χ1n) is 7.16. The van der Waals surface area contributed by atoms with Crippen LogP contribution in [0.25, 0.3) is 11.4 Å². The number of aryl methyl sites for hydroxylation is 1. The molecular formula is C16H14F2N4O. The Morgan fingerprint density at radius 2 is 1.83 bits per heavy atom. The van der Waals surface area contributed by atoms with Gasteiger partial charge in [0.25, 0.3) is 0 Å². The third-order valence-electron chi connectivity index (χ3n) is 3.16. The average Bonchev–Trinajstić information content (AvgIpc) is 3.01. The molecule has 3 rings (SSSR count). The van der Waals surface area contributed by atoms with Crippen LogP contribution in [0.2, 0.25) is 0 Å². The second-order valence-corrected chi connectivity index (χ2v) is 4.89. The minimum Gasteiger partial charge on any atom is -0.370 e. The van der Waals surface area contributed by atoms with Gasteiger partial charge in [-0.25, -0.2) is 9.37 Å². The van der Waals surface area contributed by atoms with Crippen molar-refractivity contribution in [2.75, 3.05) is 11.9 Å². The fourth-order valence-corrected chi connectivity index (χ4v) is 2.04. The van der Waals surface area contributed by atoms with Crippen LogP contribution >= 0.6 is 0 Å². The number of halogens is 2. The Morgan fingerprint density at radius 1 is 1.00 bits per heavy atom. The highest BCUT2D eigenvalue weighted by molar-refractivity contribution is 5.53. The molecule has 0 amide bonds. The van der Waals surface area contributed by atoms with Gasteiger partial charge >= 0.3 is 0 Å². The first-order valence-corrected chi connectivity index (χ1v) is 7.16. The van der Waals surface area contributed by atoms with Gasteiger partial charge in [0.1, 0.15) is 11.6 Å². The van der Waals surface area contributed by atoms with Crippen LogP contribution in [0.15, 0.2) is 47.0 Å². The molecule has 0 aliphatic carbocycles. The minimum atomic E-state index is -0.518. The topological polar surface area (TPSA) is 63.8 Å². The maximum absolute atomic E-state index is 12.9. The van der Waals surface area contributed by atoms with E-state index in [1.54, 1.807) is 24.3 Å². The summed E-state index contributed by atoms with van der Waals surface area (Å²) in [5.74, 6) is 0.589. The Kier molecular flexibility index (Phi) is 4.56. The van der Waals surface area contributed by atoms with Gasteiger partial charge in [-0.1, -0.05) is 11.2 Å². The van der Waals surface area contributed by atoms with Crippen molar-refractivity contribution in [1.82, 2.24) is 15.1 Å². The molecule has 0 atom stereocenters. The molecule has 0 saturated carbocycles. The zero-order valence-electron chi connectivity index (χ0n) is 12.2. The van der Waals surface area contributed by atoms with Crippen LogP contribution in [-0.2, 0) is 6.42 Å². The van der Waals surface area contributed by atoms with Crippen LogP contribution in [0.3, 0.4) is 0 Å². The van der Waals surface area contributed by atoms with Crippen LogP contribution in [0.1, 0.15) is 12.3 Å². The largest absolute Gasteiger partial charge is 0.370 e. The molecule has 3 aromatic rings. The predicted octanol–water partition coefficient (Wildman–Crippen LogP) is 3.45. The number of rotatable bonds is 6. The number of aromatic nitrogens is 3. The fraction of sp³-hybridized carbons (Fsp3) is 0.188.